The van der Waals surface area contributed by atoms with E-state index in [0.29, 0.717) is 31.8 Å². The van der Waals surface area contributed by atoms with Crippen LogP contribution in [0.15, 0.2) is 182 Å². The van der Waals surface area contributed by atoms with Crippen LogP contribution in [0.1, 0.15) is 27.2 Å². The van der Waals surface area contributed by atoms with Crippen molar-refractivity contribution in [2.75, 3.05) is 0 Å². The molecule has 0 saturated heterocycles. The van der Waals surface area contributed by atoms with Gasteiger partial charge in [-0.25, -0.2) is 16.8 Å². The van der Waals surface area contributed by atoms with E-state index in [4.69, 9.17) is 0 Å². The van der Waals surface area contributed by atoms with Crippen LogP contribution in [0.25, 0.3) is 0 Å². The number of hydrogen-bond acceptors (Lipinski definition) is 5. The van der Waals surface area contributed by atoms with Gasteiger partial charge in [-0.15, -0.1) is 0 Å². The van der Waals surface area contributed by atoms with E-state index in [-0.39, 0.29) is 0 Å². The Bertz CT molecular complexity index is 2210. The van der Waals surface area contributed by atoms with E-state index in [1.165, 1.54) is 25.2 Å². The predicted molar refractivity (Wildman–Crippen MR) is 232 cm³/mol. The molecule has 6 rings (SSSR count). The number of rotatable bonds is 14. The summed E-state index contributed by atoms with van der Waals surface area (Å²) >= 11 is 0. The van der Waals surface area contributed by atoms with Crippen molar-refractivity contribution in [2.45, 2.75) is 43.9 Å². The van der Waals surface area contributed by atoms with Crippen molar-refractivity contribution < 1.29 is 43.2 Å². The molecule has 314 valence electrons. The van der Waals surface area contributed by atoms with Crippen LogP contribution in [0.3, 0.4) is 0 Å². The molecular weight excluding hydrogens is 861 g/mol. The smallest absolute Gasteiger partial charge is 0.202 e. The summed E-state index contributed by atoms with van der Waals surface area (Å²) in [5.74, 6) is -1.61. The van der Waals surface area contributed by atoms with Gasteiger partial charge in [-0.3, -0.25) is 0 Å². The highest BCUT2D eigenvalue weighted by molar-refractivity contribution is 8.07. The van der Waals surface area contributed by atoms with Crippen molar-refractivity contribution >= 4 is 66.7 Å². The zero-order valence-electron chi connectivity index (χ0n) is 32.6. The highest BCUT2D eigenvalue weighted by atomic mass is 32.3. The predicted octanol–water partition coefficient (Wildman–Crippen LogP) is 8.87. The minimum Gasteiger partial charge on any atom is -0.202 e. The molecule has 6 aromatic carbocycles. The zero-order valence-corrected chi connectivity index (χ0v) is 36.0. The molecule has 0 aromatic heterocycles. The van der Waals surface area contributed by atoms with Crippen molar-refractivity contribution in [2.24, 2.45) is 5.92 Å². The average Bonchev–Trinajstić information content (AvgIpc) is 3.24. The number of alkyl halides is 6. The van der Waals surface area contributed by atoms with E-state index in [2.05, 4.69) is 0 Å². The summed E-state index contributed by atoms with van der Waals surface area (Å²) in [6.07, 6.45) is -0.877. The van der Waals surface area contributed by atoms with Crippen LogP contribution in [0.2, 0.25) is 0 Å². The Kier molecular flexibility index (Phi) is 12.9. The van der Waals surface area contributed by atoms with Gasteiger partial charge in [0.2, 0.25) is 14.8 Å². The molecular formula is C44H42F6N2O4P2S2+2. The molecule has 0 aliphatic carbocycles. The van der Waals surface area contributed by atoms with Crippen LogP contribution < -0.4 is 31.8 Å². The molecule has 0 amide bonds. The van der Waals surface area contributed by atoms with Gasteiger partial charge in [0.25, 0.3) is 0 Å². The quantitative estimate of drug-likeness (QED) is 0.0621. The van der Waals surface area contributed by atoms with E-state index in [9.17, 15) is 16.8 Å². The molecule has 16 heteroatoms. The maximum absolute atomic E-state index is 15.5. The van der Waals surface area contributed by atoms with Crippen molar-refractivity contribution in [3.63, 3.8) is 0 Å². The van der Waals surface area contributed by atoms with Gasteiger partial charge in [0.1, 0.15) is 31.8 Å². The first kappa shape index (κ1) is 45.1. The summed E-state index contributed by atoms with van der Waals surface area (Å²) in [5.41, 5.74) is -16.2. The van der Waals surface area contributed by atoms with Crippen molar-refractivity contribution in [1.29, 1.82) is 0 Å². The Morgan fingerprint density at radius 3 is 0.783 bits per heavy atom. The first-order valence-corrected chi connectivity index (χ1v) is 25.1. The van der Waals surface area contributed by atoms with Gasteiger partial charge < -0.3 is 0 Å². The third-order valence-corrected chi connectivity index (χ3v) is 24.0. The Morgan fingerprint density at radius 2 is 0.633 bits per heavy atom. The van der Waals surface area contributed by atoms with Crippen LogP contribution in [0.5, 0.6) is 0 Å². The third kappa shape index (κ3) is 7.29. The van der Waals surface area contributed by atoms with Gasteiger partial charge in [0.15, 0.2) is 5.66 Å². The molecule has 1 unspecified atom stereocenters. The minimum absolute atomic E-state index is 0.404. The molecule has 1 atom stereocenters. The van der Waals surface area contributed by atoms with Gasteiger partial charge in [-0.05, 0) is 89.6 Å². The van der Waals surface area contributed by atoms with Crippen molar-refractivity contribution in [3.05, 3.63) is 182 Å². The zero-order chi connectivity index (χ0) is 43.6. The first-order chi connectivity index (χ1) is 28.4. The van der Waals surface area contributed by atoms with E-state index < -0.39 is 67.6 Å². The molecule has 0 bridgehead atoms. The second-order valence-corrected chi connectivity index (χ2v) is 24.6. The number of halogens is 6. The average molecular weight is 903 g/mol. The lowest BCUT2D eigenvalue weighted by Crippen LogP contribution is -2.72. The highest BCUT2D eigenvalue weighted by Crippen LogP contribution is 2.79. The molecule has 6 aromatic rings. The fourth-order valence-corrected chi connectivity index (χ4v) is 24.0. The van der Waals surface area contributed by atoms with Crippen molar-refractivity contribution in [1.82, 2.24) is 8.15 Å². The molecule has 6 nitrogen and oxygen atoms in total. The molecule has 0 saturated carbocycles. The van der Waals surface area contributed by atoms with Gasteiger partial charge in [0.05, 0.1) is 0 Å². The van der Waals surface area contributed by atoms with Gasteiger partial charge in [0, 0.05) is 0 Å². The third-order valence-electron chi connectivity index (χ3n) is 10.5. The summed E-state index contributed by atoms with van der Waals surface area (Å²) in [6.45, 7) is 3.78. The number of hydrogen-bond donors (Lipinski definition) is 0. The standard InChI is InChI=1S/C44H42F6N2O4P2S2/c1-4-42(35(2)3,52(59(53,54)43(45,46)47)60(55,56)44(48,49)50)51(57(36-23-11-5-12-24-36,37-25-13-6-14-26-37)38-27-15-7-16-28-38)58(39-29-17-8-18-30-39,40-31-19-9-20-32-40)41-33-21-10-22-34-41/h5-35H,4H2,1-3H3/q+2. The monoisotopic (exact) mass is 902 g/mol. The van der Waals surface area contributed by atoms with Gasteiger partial charge in [-0.1, -0.05) is 134 Å². The fraction of sp³-hybridized carbons (Fsp3) is 0.182. The molecule has 0 fully saturated rings. The Balaban J connectivity index is 2.12. The van der Waals surface area contributed by atoms with E-state index in [0.717, 1.165) is 0 Å². The SMILES string of the molecule is CCC(C(C)C)(N([P+](c1ccccc1)(c1ccccc1)c1ccccc1)[P+](c1ccccc1)(c1ccccc1)c1ccccc1)N(S(=O)(=O)C(F)(F)F)S(=O)(=O)C(F)(F)F. The Hall–Kier alpha value is -4.42. The number of benzene rings is 6. The second-order valence-electron chi connectivity index (χ2n) is 14.1. The Labute approximate surface area is 348 Å². The topological polar surface area (TPSA) is 74.8 Å². The molecule has 0 aliphatic rings. The second kappa shape index (κ2) is 17.2. The molecule has 60 heavy (non-hydrogen) atoms. The van der Waals surface area contributed by atoms with Crippen LogP contribution in [-0.2, 0) is 20.0 Å². The minimum atomic E-state index is -7.43. The summed E-state index contributed by atoms with van der Waals surface area (Å²) < 4.78 is 151. The van der Waals surface area contributed by atoms with Gasteiger partial charge >= 0.3 is 31.1 Å². The highest BCUT2D eigenvalue weighted by Gasteiger charge is 2.81. The fourth-order valence-electron chi connectivity index (χ4n) is 8.06. The lowest BCUT2D eigenvalue weighted by Gasteiger charge is -2.55. The van der Waals surface area contributed by atoms with Crippen LogP contribution in [0.4, 0.5) is 26.3 Å². The summed E-state index contributed by atoms with van der Waals surface area (Å²) in [4.78, 5) is 0. The van der Waals surface area contributed by atoms with E-state index >= 15 is 26.3 Å². The molecule has 0 heterocycles. The largest absolute Gasteiger partial charge is 0.512 e. The molecule has 0 radical (unpaired) electrons. The Morgan fingerprint density at radius 1 is 0.433 bits per heavy atom. The van der Waals surface area contributed by atoms with Crippen LogP contribution in [-0.4, -0.2) is 41.7 Å². The maximum Gasteiger partial charge on any atom is 0.512 e. The number of sulfonamides is 2. The summed E-state index contributed by atoms with van der Waals surface area (Å²) in [7, 11) is -23.3. The summed E-state index contributed by atoms with van der Waals surface area (Å²) in [5, 5.41) is 2.43. The lowest BCUT2D eigenvalue weighted by atomic mass is 9.95. The van der Waals surface area contributed by atoms with Crippen LogP contribution >= 0.6 is 14.8 Å². The lowest BCUT2D eigenvalue weighted by molar-refractivity contribution is -0.0623. The molecule has 0 N–H and O–H groups in total. The van der Waals surface area contributed by atoms with Crippen LogP contribution in [0, 0.1) is 5.92 Å². The van der Waals surface area contributed by atoms with Crippen molar-refractivity contribution in [3.8, 4) is 0 Å². The molecule has 0 spiro atoms. The summed E-state index contributed by atoms with van der Waals surface area (Å²) in [6, 6.07) is 50.9. The normalized spacial score (nSPS) is 14.3. The van der Waals surface area contributed by atoms with E-state index in [1.54, 1.807) is 182 Å². The maximum atomic E-state index is 15.5. The molecule has 0 aliphatic heterocycles. The van der Waals surface area contributed by atoms with E-state index in [1.807, 2.05) is 0 Å². The first-order valence-electron chi connectivity index (χ1n) is 18.7. The number of nitrogens with zero attached hydrogens (tertiary/aromatic N) is 2. The van der Waals surface area contributed by atoms with Gasteiger partial charge in [-0.2, -0.15) is 26.3 Å².